The summed E-state index contributed by atoms with van der Waals surface area (Å²) in [5, 5.41) is 20.7. The molecule has 1 rings (SSSR count). The highest BCUT2D eigenvalue weighted by Crippen LogP contribution is 2.21. The number of carbonyl (C=O) groups is 2. The Labute approximate surface area is 103 Å². The first kappa shape index (κ1) is 13.3. The minimum Gasteiger partial charge on any atom is -0.481 e. The summed E-state index contributed by atoms with van der Waals surface area (Å²) in [7, 11) is 0. The van der Waals surface area contributed by atoms with Crippen LogP contribution in [-0.4, -0.2) is 28.7 Å². The fourth-order valence-electron chi connectivity index (χ4n) is 1.30. The number of nitrogens with one attached hydrogen (secondary N) is 1. The number of anilines is 1. The summed E-state index contributed by atoms with van der Waals surface area (Å²) in [4.78, 5) is 21.3. The molecule has 1 aromatic carbocycles. The topological polar surface area (TPSA) is 86.6 Å². The molecule has 0 amide bonds. The lowest BCUT2D eigenvalue weighted by atomic mass is 10.1. The number of carboxylic acids is 2. The zero-order chi connectivity index (χ0) is 12.8. The van der Waals surface area contributed by atoms with Gasteiger partial charge in [0.05, 0.1) is 23.0 Å². The highest BCUT2D eigenvalue weighted by Gasteiger charge is 2.20. The normalized spacial score (nSPS) is 11.8. The maximum Gasteiger partial charge on any atom is 0.308 e. The summed E-state index contributed by atoms with van der Waals surface area (Å²) in [6.07, 6.45) is -0.424. The fraction of sp³-hybridized carbons (Fsp3) is 0.273. The molecule has 1 aromatic rings. The summed E-state index contributed by atoms with van der Waals surface area (Å²) in [5.74, 6) is -3.27. The summed E-state index contributed by atoms with van der Waals surface area (Å²) >= 11 is 5.87. The van der Waals surface area contributed by atoms with Crippen molar-refractivity contribution in [3.05, 3.63) is 29.3 Å². The van der Waals surface area contributed by atoms with Gasteiger partial charge in [-0.2, -0.15) is 0 Å². The molecule has 5 nitrogen and oxygen atoms in total. The number of para-hydroxylation sites is 1. The van der Waals surface area contributed by atoms with Gasteiger partial charge < -0.3 is 15.5 Å². The van der Waals surface area contributed by atoms with Crippen LogP contribution in [0.15, 0.2) is 24.3 Å². The average molecular weight is 258 g/mol. The van der Waals surface area contributed by atoms with E-state index in [0.29, 0.717) is 10.7 Å². The molecule has 0 aliphatic rings. The Balaban J connectivity index is 2.61. The second-order valence-corrected chi connectivity index (χ2v) is 3.90. The molecule has 0 aliphatic heterocycles. The lowest BCUT2D eigenvalue weighted by molar-refractivity contribution is -0.147. The maximum atomic E-state index is 10.8. The van der Waals surface area contributed by atoms with Gasteiger partial charge in [0.15, 0.2) is 0 Å². The third-order valence-electron chi connectivity index (χ3n) is 2.18. The molecule has 6 heteroatoms. The number of aliphatic carboxylic acids is 2. The van der Waals surface area contributed by atoms with Gasteiger partial charge in [0.25, 0.3) is 0 Å². The van der Waals surface area contributed by atoms with E-state index in [1.165, 1.54) is 0 Å². The molecule has 0 saturated carbocycles. The molecule has 0 aromatic heterocycles. The second-order valence-electron chi connectivity index (χ2n) is 3.49. The Bertz CT molecular complexity index is 422. The van der Waals surface area contributed by atoms with Gasteiger partial charge in [0, 0.05) is 6.54 Å². The molecule has 92 valence electrons. The highest BCUT2D eigenvalue weighted by molar-refractivity contribution is 6.33. The van der Waals surface area contributed by atoms with Crippen molar-refractivity contribution >= 4 is 29.2 Å². The van der Waals surface area contributed by atoms with Crippen LogP contribution >= 0.6 is 11.6 Å². The molecule has 0 saturated heterocycles. The lowest BCUT2D eigenvalue weighted by Gasteiger charge is -2.13. The summed E-state index contributed by atoms with van der Waals surface area (Å²) in [6.45, 7) is 0.0192. The smallest absolute Gasteiger partial charge is 0.308 e. The third-order valence-corrected chi connectivity index (χ3v) is 2.51. The highest BCUT2D eigenvalue weighted by atomic mass is 35.5. The zero-order valence-corrected chi connectivity index (χ0v) is 9.65. The van der Waals surface area contributed by atoms with Crippen LogP contribution < -0.4 is 5.32 Å². The zero-order valence-electron chi connectivity index (χ0n) is 8.89. The van der Waals surface area contributed by atoms with Crippen molar-refractivity contribution in [3.63, 3.8) is 0 Å². The van der Waals surface area contributed by atoms with Gasteiger partial charge >= 0.3 is 11.9 Å². The minimum atomic E-state index is -1.15. The quantitative estimate of drug-likeness (QED) is 0.725. The van der Waals surface area contributed by atoms with Crippen LogP contribution in [-0.2, 0) is 9.59 Å². The summed E-state index contributed by atoms with van der Waals surface area (Å²) < 4.78 is 0. The minimum absolute atomic E-state index is 0.0192. The van der Waals surface area contributed by atoms with Crippen LogP contribution in [0.3, 0.4) is 0 Å². The molecular weight excluding hydrogens is 246 g/mol. The Morgan fingerprint density at radius 1 is 1.29 bits per heavy atom. The number of benzene rings is 1. The average Bonchev–Trinajstić information content (AvgIpc) is 2.25. The molecular formula is C11H12ClNO4. The van der Waals surface area contributed by atoms with E-state index in [-0.39, 0.29) is 6.54 Å². The van der Waals surface area contributed by atoms with E-state index in [1.807, 2.05) is 0 Å². The van der Waals surface area contributed by atoms with Gasteiger partial charge in [-0.3, -0.25) is 9.59 Å². The molecule has 0 fully saturated rings. The molecule has 1 atom stereocenters. The lowest BCUT2D eigenvalue weighted by Crippen LogP contribution is -2.25. The Morgan fingerprint density at radius 2 is 1.94 bits per heavy atom. The molecule has 0 spiro atoms. The van der Waals surface area contributed by atoms with Crippen molar-refractivity contribution in [2.24, 2.45) is 5.92 Å². The first-order valence-corrected chi connectivity index (χ1v) is 5.31. The van der Waals surface area contributed by atoms with Crippen molar-refractivity contribution in [3.8, 4) is 0 Å². The standard InChI is InChI=1S/C11H12ClNO4/c12-8-3-1-2-4-9(8)13-6-7(11(16)17)5-10(14)15/h1-4,7,13H,5-6H2,(H,14,15)(H,16,17). The van der Waals surface area contributed by atoms with E-state index in [1.54, 1.807) is 24.3 Å². The fourth-order valence-corrected chi connectivity index (χ4v) is 1.50. The number of hydrogen-bond donors (Lipinski definition) is 3. The molecule has 0 aliphatic carbocycles. The maximum absolute atomic E-state index is 10.8. The number of halogens is 1. The molecule has 3 N–H and O–H groups in total. The summed E-state index contributed by atoms with van der Waals surface area (Å²) in [6, 6.07) is 6.86. The Kier molecular flexibility index (Phi) is 4.78. The SMILES string of the molecule is O=C(O)CC(CNc1ccccc1Cl)C(=O)O. The van der Waals surface area contributed by atoms with E-state index < -0.39 is 24.3 Å². The summed E-state index contributed by atoms with van der Waals surface area (Å²) in [5.41, 5.74) is 0.589. The largest absolute Gasteiger partial charge is 0.481 e. The van der Waals surface area contributed by atoms with Crippen molar-refractivity contribution in [1.82, 2.24) is 0 Å². The van der Waals surface area contributed by atoms with Crippen LogP contribution in [0.5, 0.6) is 0 Å². The number of carboxylic acid groups (broad SMARTS) is 2. The van der Waals surface area contributed by atoms with E-state index >= 15 is 0 Å². The van der Waals surface area contributed by atoms with Gasteiger partial charge in [-0.05, 0) is 12.1 Å². The predicted molar refractivity (Wildman–Crippen MR) is 63.3 cm³/mol. The molecule has 17 heavy (non-hydrogen) atoms. The van der Waals surface area contributed by atoms with Gasteiger partial charge in [0.1, 0.15) is 0 Å². The van der Waals surface area contributed by atoms with Crippen LogP contribution in [0.4, 0.5) is 5.69 Å². The van der Waals surface area contributed by atoms with Gasteiger partial charge in [-0.15, -0.1) is 0 Å². The van der Waals surface area contributed by atoms with E-state index in [4.69, 9.17) is 21.8 Å². The van der Waals surface area contributed by atoms with Crippen molar-refractivity contribution in [2.45, 2.75) is 6.42 Å². The van der Waals surface area contributed by atoms with Crippen molar-refractivity contribution in [2.75, 3.05) is 11.9 Å². The van der Waals surface area contributed by atoms with Crippen LogP contribution in [0, 0.1) is 5.92 Å². The molecule has 0 radical (unpaired) electrons. The molecule has 1 unspecified atom stereocenters. The van der Waals surface area contributed by atoms with Crippen molar-refractivity contribution in [1.29, 1.82) is 0 Å². The first-order valence-electron chi connectivity index (χ1n) is 4.93. The molecule has 0 heterocycles. The van der Waals surface area contributed by atoms with Gasteiger partial charge in [0.2, 0.25) is 0 Å². The Hall–Kier alpha value is -1.75. The van der Waals surface area contributed by atoms with Crippen LogP contribution in [0.25, 0.3) is 0 Å². The van der Waals surface area contributed by atoms with E-state index in [9.17, 15) is 9.59 Å². The van der Waals surface area contributed by atoms with Crippen molar-refractivity contribution < 1.29 is 19.8 Å². The van der Waals surface area contributed by atoms with E-state index in [0.717, 1.165) is 0 Å². The van der Waals surface area contributed by atoms with Crippen LogP contribution in [0.1, 0.15) is 6.42 Å². The van der Waals surface area contributed by atoms with Crippen LogP contribution in [0.2, 0.25) is 5.02 Å². The van der Waals surface area contributed by atoms with E-state index in [2.05, 4.69) is 5.32 Å². The van der Waals surface area contributed by atoms with Gasteiger partial charge in [-0.1, -0.05) is 23.7 Å². The Morgan fingerprint density at radius 3 is 2.47 bits per heavy atom. The first-order chi connectivity index (χ1) is 8.00. The third kappa shape index (κ3) is 4.32. The van der Waals surface area contributed by atoms with Gasteiger partial charge in [-0.25, -0.2) is 0 Å². The number of hydrogen-bond acceptors (Lipinski definition) is 3. The second kappa shape index (κ2) is 6.10. The predicted octanol–water partition coefficient (Wildman–Crippen LogP) is 1.93. The number of rotatable bonds is 6. The monoisotopic (exact) mass is 257 g/mol. The molecule has 0 bridgehead atoms.